The number of esters is 1. The number of rotatable bonds is 7. The van der Waals surface area contributed by atoms with E-state index >= 15 is 0 Å². The molecule has 0 spiro atoms. The van der Waals surface area contributed by atoms with Crippen LogP contribution in [0.2, 0.25) is 10.0 Å². The van der Waals surface area contributed by atoms with Crippen LogP contribution in [0.3, 0.4) is 0 Å². The number of hydrogen-bond acceptors (Lipinski definition) is 5. The molecule has 23 heavy (non-hydrogen) atoms. The molecule has 122 valence electrons. The summed E-state index contributed by atoms with van der Waals surface area (Å²) in [6.45, 7) is -0.696. The molecule has 0 atom stereocenters. The highest BCUT2D eigenvalue weighted by Crippen LogP contribution is 2.22. The van der Waals surface area contributed by atoms with Gasteiger partial charge >= 0.3 is 5.97 Å². The van der Waals surface area contributed by atoms with Crippen molar-refractivity contribution in [2.75, 3.05) is 19.7 Å². The summed E-state index contributed by atoms with van der Waals surface area (Å²) in [4.78, 5) is 34.5. The lowest BCUT2D eigenvalue weighted by molar-refractivity contribution is -0.147. The molecule has 0 radical (unpaired) electrons. The molecule has 0 aromatic heterocycles. The number of nitrogens with one attached hydrogen (secondary N) is 2. The Labute approximate surface area is 142 Å². The third kappa shape index (κ3) is 7.00. The molecule has 0 saturated heterocycles. The number of carbonyl (C=O) groups is 3. The number of carbonyl (C=O) groups excluding carboxylic acids is 3. The van der Waals surface area contributed by atoms with E-state index in [0.717, 1.165) is 0 Å². The zero-order valence-electron chi connectivity index (χ0n) is 11.9. The average Bonchev–Trinajstić information content (AvgIpc) is 2.53. The highest BCUT2D eigenvalue weighted by atomic mass is 35.5. The fourth-order valence-corrected chi connectivity index (χ4v) is 1.70. The van der Waals surface area contributed by atoms with Crippen LogP contribution < -0.4 is 10.6 Å². The first-order valence-corrected chi connectivity index (χ1v) is 7.22. The van der Waals surface area contributed by atoms with E-state index in [4.69, 9.17) is 28.5 Å². The summed E-state index contributed by atoms with van der Waals surface area (Å²) in [5, 5.41) is 13.6. The molecule has 9 heteroatoms. The molecular weight excluding hydrogens is 345 g/mol. The van der Waals surface area contributed by atoms with Crippen LogP contribution in [0.5, 0.6) is 0 Å². The summed E-state index contributed by atoms with van der Waals surface area (Å²) in [7, 11) is 0. The lowest BCUT2D eigenvalue weighted by Crippen LogP contribution is -2.34. The van der Waals surface area contributed by atoms with Crippen molar-refractivity contribution in [3.8, 4) is 6.07 Å². The Morgan fingerprint density at radius 1 is 1.17 bits per heavy atom. The van der Waals surface area contributed by atoms with Gasteiger partial charge < -0.3 is 15.4 Å². The minimum Gasteiger partial charge on any atom is -0.454 e. The Morgan fingerprint density at radius 3 is 2.57 bits per heavy atom. The Morgan fingerprint density at radius 2 is 1.91 bits per heavy atom. The van der Waals surface area contributed by atoms with Crippen LogP contribution >= 0.6 is 23.2 Å². The van der Waals surface area contributed by atoms with Crippen molar-refractivity contribution in [2.24, 2.45) is 0 Å². The van der Waals surface area contributed by atoms with Crippen molar-refractivity contribution < 1.29 is 19.1 Å². The monoisotopic (exact) mass is 357 g/mol. The summed E-state index contributed by atoms with van der Waals surface area (Å²) < 4.78 is 4.67. The van der Waals surface area contributed by atoms with Gasteiger partial charge in [0.25, 0.3) is 11.8 Å². The van der Waals surface area contributed by atoms with Crippen molar-refractivity contribution >= 4 is 41.0 Å². The maximum Gasteiger partial charge on any atom is 0.325 e. The van der Waals surface area contributed by atoms with E-state index in [9.17, 15) is 14.4 Å². The topological polar surface area (TPSA) is 108 Å². The molecule has 1 aromatic carbocycles. The standard InChI is InChI=1S/C14H13Cl2N3O4/c15-10-3-2-9(6-11(10)16)14(22)19-7-13(21)23-8-12(20)18-5-1-4-17/h2-3,6H,1,5,7-8H2,(H,18,20)(H,19,22). The van der Waals surface area contributed by atoms with Gasteiger partial charge in [-0.1, -0.05) is 23.2 Å². The average molecular weight is 358 g/mol. The van der Waals surface area contributed by atoms with Gasteiger partial charge in [0.05, 0.1) is 22.5 Å². The molecule has 1 aromatic rings. The van der Waals surface area contributed by atoms with E-state index in [0.29, 0.717) is 5.02 Å². The zero-order valence-corrected chi connectivity index (χ0v) is 13.4. The van der Waals surface area contributed by atoms with Crippen LogP contribution in [0.25, 0.3) is 0 Å². The summed E-state index contributed by atoms with van der Waals surface area (Å²) in [5.74, 6) is -1.82. The first-order chi connectivity index (χ1) is 10.9. The van der Waals surface area contributed by atoms with Crippen LogP contribution in [-0.4, -0.2) is 37.5 Å². The highest BCUT2D eigenvalue weighted by molar-refractivity contribution is 6.42. The molecule has 0 aliphatic rings. The van der Waals surface area contributed by atoms with Gasteiger partial charge in [0, 0.05) is 12.1 Å². The predicted octanol–water partition coefficient (Wildman–Crippen LogP) is 1.30. The molecule has 0 bridgehead atoms. The Hall–Kier alpha value is -2.30. The maximum atomic E-state index is 11.8. The number of amides is 2. The fraction of sp³-hybridized carbons (Fsp3) is 0.286. The molecule has 1 rings (SSSR count). The molecule has 0 aliphatic heterocycles. The lowest BCUT2D eigenvalue weighted by atomic mass is 10.2. The smallest absolute Gasteiger partial charge is 0.325 e. The number of ether oxygens (including phenoxy) is 1. The molecule has 2 N–H and O–H groups in total. The third-order valence-electron chi connectivity index (χ3n) is 2.50. The third-order valence-corrected chi connectivity index (χ3v) is 3.24. The van der Waals surface area contributed by atoms with Gasteiger partial charge in [-0.25, -0.2) is 0 Å². The number of nitriles is 1. The van der Waals surface area contributed by atoms with Crippen molar-refractivity contribution in [2.45, 2.75) is 6.42 Å². The lowest BCUT2D eigenvalue weighted by Gasteiger charge is -2.07. The van der Waals surface area contributed by atoms with Gasteiger partial charge in [0.2, 0.25) is 0 Å². The van der Waals surface area contributed by atoms with Crippen molar-refractivity contribution in [3.05, 3.63) is 33.8 Å². The van der Waals surface area contributed by atoms with E-state index in [1.807, 2.05) is 6.07 Å². The molecular formula is C14H13Cl2N3O4. The van der Waals surface area contributed by atoms with Gasteiger partial charge in [0.15, 0.2) is 6.61 Å². The summed E-state index contributed by atoms with van der Waals surface area (Å²) >= 11 is 11.5. The number of nitrogens with zero attached hydrogens (tertiary/aromatic N) is 1. The number of hydrogen-bond donors (Lipinski definition) is 2. The SMILES string of the molecule is N#CCCNC(=O)COC(=O)CNC(=O)c1ccc(Cl)c(Cl)c1. The van der Waals surface area contributed by atoms with Gasteiger partial charge in [-0.15, -0.1) is 0 Å². The Balaban J connectivity index is 2.32. The molecule has 0 unspecified atom stereocenters. The molecule has 0 saturated carbocycles. The van der Waals surface area contributed by atoms with Crippen molar-refractivity contribution in [1.29, 1.82) is 5.26 Å². The quantitative estimate of drug-likeness (QED) is 0.564. The van der Waals surface area contributed by atoms with Gasteiger partial charge in [-0.05, 0) is 18.2 Å². The summed E-state index contributed by atoms with van der Waals surface area (Å²) in [6.07, 6.45) is 0.166. The van der Waals surface area contributed by atoms with Gasteiger partial charge in [-0.2, -0.15) is 5.26 Å². The molecule has 7 nitrogen and oxygen atoms in total. The highest BCUT2D eigenvalue weighted by Gasteiger charge is 2.11. The van der Waals surface area contributed by atoms with Gasteiger partial charge in [0.1, 0.15) is 6.54 Å². The summed E-state index contributed by atoms with van der Waals surface area (Å²) in [6, 6.07) is 6.14. The van der Waals surface area contributed by atoms with E-state index in [-0.39, 0.29) is 23.6 Å². The van der Waals surface area contributed by atoms with Crippen LogP contribution in [0.1, 0.15) is 16.8 Å². The van der Waals surface area contributed by atoms with E-state index < -0.39 is 30.9 Å². The minimum atomic E-state index is -0.770. The van der Waals surface area contributed by atoms with Crippen LogP contribution in [0.4, 0.5) is 0 Å². The van der Waals surface area contributed by atoms with Crippen molar-refractivity contribution in [1.82, 2.24) is 10.6 Å². The number of halogens is 2. The molecule has 2 amide bonds. The maximum absolute atomic E-state index is 11.8. The number of benzene rings is 1. The largest absolute Gasteiger partial charge is 0.454 e. The van der Waals surface area contributed by atoms with E-state index in [2.05, 4.69) is 15.4 Å². The molecule has 0 fully saturated rings. The first-order valence-electron chi connectivity index (χ1n) is 6.46. The van der Waals surface area contributed by atoms with Crippen molar-refractivity contribution in [3.63, 3.8) is 0 Å². The van der Waals surface area contributed by atoms with Crippen LogP contribution in [0.15, 0.2) is 18.2 Å². The fourth-order valence-electron chi connectivity index (χ4n) is 1.40. The van der Waals surface area contributed by atoms with E-state index in [1.54, 1.807) is 0 Å². The zero-order chi connectivity index (χ0) is 17.2. The second kappa shape index (κ2) is 9.66. The van der Waals surface area contributed by atoms with E-state index in [1.165, 1.54) is 18.2 Å². The normalized spacial score (nSPS) is 9.61. The Bertz CT molecular complexity index is 643. The van der Waals surface area contributed by atoms with Crippen LogP contribution in [0, 0.1) is 11.3 Å². The Kier molecular flexibility index (Phi) is 7.88. The van der Waals surface area contributed by atoms with Crippen LogP contribution in [-0.2, 0) is 14.3 Å². The second-order valence-corrected chi connectivity index (χ2v) is 5.04. The first kappa shape index (κ1) is 18.7. The molecule has 0 heterocycles. The molecule has 0 aliphatic carbocycles. The second-order valence-electron chi connectivity index (χ2n) is 4.23. The van der Waals surface area contributed by atoms with Gasteiger partial charge in [-0.3, -0.25) is 14.4 Å². The predicted molar refractivity (Wildman–Crippen MR) is 83.0 cm³/mol. The minimum absolute atomic E-state index is 0.166. The summed E-state index contributed by atoms with van der Waals surface area (Å²) in [5.41, 5.74) is 0.237.